The average molecular weight is 209 g/mol. The zero-order valence-electron chi connectivity index (χ0n) is 8.89. The zero-order valence-corrected chi connectivity index (χ0v) is 9.64. The molecule has 1 aliphatic carbocycles. The lowest BCUT2D eigenvalue weighted by atomic mass is 9.91. The average Bonchev–Trinajstić information content (AvgIpc) is 2.90. The minimum absolute atomic E-state index is 0.308. The fourth-order valence-electron chi connectivity index (χ4n) is 2.06. The smallest absolute Gasteiger partial charge is 0.0367 e. The van der Waals surface area contributed by atoms with Gasteiger partial charge in [-0.1, -0.05) is 24.3 Å². The normalized spacial score (nSPS) is 20.5. The highest BCUT2D eigenvalue weighted by molar-refractivity contribution is 6.21. The van der Waals surface area contributed by atoms with E-state index < -0.39 is 0 Å². The van der Waals surface area contributed by atoms with E-state index in [9.17, 15) is 0 Å². The Labute approximate surface area is 91.3 Å². The van der Waals surface area contributed by atoms with Crippen molar-refractivity contribution in [1.29, 1.82) is 0 Å². The molecule has 0 aliphatic heterocycles. The van der Waals surface area contributed by atoms with Gasteiger partial charge >= 0.3 is 0 Å². The maximum Gasteiger partial charge on any atom is 0.0367 e. The topological polar surface area (TPSA) is 0 Å². The molecule has 2 rings (SSSR count). The molecule has 0 N–H and O–H groups in total. The number of hydrogen-bond acceptors (Lipinski definition) is 0. The van der Waals surface area contributed by atoms with E-state index in [1.54, 1.807) is 0 Å². The number of benzene rings is 1. The van der Waals surface area contributed by atoms with Crippen molar-refractivity contribution in [3.63, 3.8) is 0 Å². The predicted molar refractivity (Wildman–Crippen MR) is 61.9 cm³/mol. The quantitative estimate of drug-likeness (QED) is 0.660. The molecule has 0 amide bonds. The largest absolute Gasteiger partial charge is 0.123 e. The molecular weight excluding hydrogens is 192 g/mol. The number of alkyl halides is 1. The van der Waals surface area contributed by atoms with E-state index in [-0.39, 0.29) is 0 Å². The summed E-state index contributed by atoms with van der Waals surface area (Å²) in [5.74, 6) is 0. The van der Waals surface area contributed by atoms with Crippen LogP contribution in [0.4, 0.5) is 0 Å². The van der Waals surface area contributed by atoms with Gasteiger partial charge < -0.3 is 0 Å². The fraction of sp³-hybridized carbons (Fsp3) is 0.538. The summed E-state index contributed by atoms with van der Waals surface area (Å²) in [4.78, 5) is 0. The van der Waals surface area contributed by atoms with Gasteiger partial charge in [-0.15, -0.1) is 11.6 Å². The van der Waals surface area contributed by atoms with Gasteiger partial charge in [0.05, 0.1) is 0 Å². The van der Waals surface area contributed by atoms with Crippen LogP contribution in [0.3, 0.4) is 0 Å². The summed E-state index contributed by atoms with van der Waals surface area (Å²) in [6.07, 6.45) is 3.75. The zero-order chi connectivity index (χ0) is 10.2. The van der Waals surface area contributed by atoms with Gasteiger partial charge in [-0.25, -0.2) is 0 Å². The lowest BCUT2D eigenvalue weighted by Crippen LogP contribution is -2.16. The van der Waals surface area contributed by atoms with E-state index in [0.717, 1.165) is 6.42 Å². The van der Waals surface area contributed by atoms with Crippen molar-refractivity contribution in [2.24, 2.45) is 5.41 Å². The number of rotatable bonds is 3. The molecular formula is C13H17Cl. The monoisotopic (exact) mass is 208 g/mol. The van der Waals surface area contributed by atoms with Gasteiger partial charge in [0.15, 0.2) is 0 Å². The van der Waals surface area contributed by atoms with Crippen LogP contribution in [0.1, 0.15) is 30.9 Å². The summed E-state index contributed by atoms with van der Waals surface area (Å²) in [7, 11) is 0. The summed E-state index contributed by atoms with van der Waals surface area (Å²) < 4.78 is 0. The first-order chi connectivity index (χ1) is 6.64. The van der Waals surface area contributed by atoms with E-state index in [1.807, 2.05) is 0 Å². The molecule has 76 valence electrons. The third-order valence-corrected chi connectivity index (χ3v) is 4.00. The summed E-state index contributed by atoms with van der Waals surface area (Å²) in [6.45, 7) is 4.32. The summed E-state index contributed by atoms with van der Waals surface area (Å²) in [5.41, 5.74) is 3.28. The van der Waals surface area contributed by atoms with Crippen LogP contribution in [0.5, 0.6) is 0 Å². The van der Waals surface area contributed by atoms with Crippen molar-refractivity contribution in [2.45, 2.75) is 38.5 Å². The van der Waals surface area contributed by atoms with E-state index in [0.29, 0.717) is 10.8 Å². The third kappa shape index (κ3) is 1.81. The van der Waals surface area contributed by atoms with Crippen LogP contribution in [0.25, 0.3) is 0 Å². The van der Waals surface area contributed by atoms with Gasteiger partial charge in [-0.3, -0.25) is 0 Å². The molecule has 1 saturated carbocycles. The van der Waals surface area contributed by atoms with Crippen LogP contribution in [0, 0.1) is 12.3 Å². The summed E-state index contributed by atoms with van der Waals surface area (Å²) >= 11 is 6.23. The van der Waals surface area contributed by atoms with E-state index in [2.05, 4.69) is 38.1 Å². The highest BCUT2D eigenvalue weighted by atomic mass is 35.5. The first kappa shape index (κ1) is 10.0. The maximum absolute atomic E-state index is 6.23. The molecule has 1 aromatic rings. The third-order valence-electron chi connectivity index (χ3n) is 3.54. The Morgan fingerprint density at radius 1 is 1.36 bits per heavy atom. The SMILES string of the molecule is Cc1ccccc1CC1(C(C)Cl)CC1. The minimum Gasteiger partial charge on any atom is -0.123 e. The van der Waals surface area contributed by atoms with Gasteiger partial charge in [-0.05, 0) is 49.7 Å². The van der Waals surface area contributed by atoms with Crippen molar-refractivity contribution in [3.05, 3.63) is 35.4 Å². The molecule has 0 nitrogen and oxygen atoms in total. The van der Waals surface area contributed by atoms with Crippen molar-refractivity contribution < 1.29 is 0 Å². The Bertz CT molecular complexity index is 324. The Hall–Kier alpha value is -0.490. The number of halogens is 1. The van der Waals surface area contributed by atoms with Crippen molar-refractivity contribution in [3.8, 4) is 0 Å². The molecule has 0 saturated heterocycles. The van der Waals surface area contributed by atoms with Gasteiger partial charge in [0.2, 0.25) is 0 Å². The molecule has 0 radical (unpaired) electrons. The second-order valence-electron chi connectivity index (χ2n) is 4.58. The van der Waals surface area contributed by atoms with E-state index >= 15 is 0 Å². The van der Waals surface area contributed by atoms with Crippen LogP contribution in [-0.4, -0.2) is 5.38 Å². The highest BCUT2D eigenvalue weighted by Crippen LogP contribution is 2.53. The standard InChI is InChI=1S/C13H17Cl/c1-10-5-3-4-6-12(10)9-13(7-8-13)11(2)14/h3-6,11H,7-9H2,1-2H3. The fourth-order valence-corrected chi connectivity index (χ4v) is 2.36. The van der Waals surface area contributed by atoms with Crippen LogP contribution >= 0.6 is 11.6 Å². The molecule has 0 spiro atoms. The van der Waals surface area contributed by atoms with Crippen LogP contribution < -0.4 is 0 Å². The highest BCUT2D eigenvalue weighted by Gasteiger charge is 2.46. The predicted octanol–water partition coefficient (Wildman–Crippen LogP) is 3.95. The van der Waals surface area contributed by atoms with Crippen LogP contribution in [-0.2, 0) is 6.42 Å². The maximum atomic E-state index is 6.23. The lowest BCUT2D eigenvalue weighted by Gasteiger charge is -2.18. The van der Waals surface area contributed by atoms with Gasteiger partial charge in [0.25, 0.3) is 0 Å². The van der Waals surface area contributed by atoms with Crippen molar-refractivity contribution in [1.82, 2.24) is 0 Å². The van der Waals surface area contributed by atoms with E-state index in [4.69, 9.17) is 11.6 Å². The molecule has 0 bridgehead atoms. The lowest BCUT2D eigenvalue weighted by molar-refractivity contribution is 0.495. The van der Waals surface area contributed by atoms with Crippen LogP contribution in [0.2, 0.25) is 0 Å². The van der Waals surface area contributed by atoms with Crippen molar-refractivity contribution >= 4 is 11.6 Å². The molecule has 0 aromatic heterocycles. The Morgan fingerprint density at radius 3 is 2.50 bits per heavy atom. The van der Waals surface area contributed by atoms with Gasteiger partial charge in [0, 0.05) is 5.38 Å². The second kappa shape index (κ2) is 3.58. The Morgan fingerprint density at radius 2 is 2.00 bits per heavy atom. The molecule has 1 unspecified atom stereocenters. The summed E-state index contributed by atoms with van der Waals surface area (Å²) in [5, 5.41) is 0.308. The van der Waals surface area contributed by atoms with Crippen molar-refractivity contribution in [2.75, 3.05) is 0 Å². The summed E-state index contributed by atoms with van der Waals surface area (Å²) in [6, 6.07) is 8.64. The first-order valence-electron chi connectivity index (χ1n) is 5.33. The molecule has 1 aromatic carbocycles. The molecule has 1 fully saturated rings. The second-order valence-corrected chi connectivity index (χ2v) is 5.24. The Balaban J connectivity index is 2.15. The number of aryl methyl sites for hydroxylation is 1. The molecule has 1 heteroatoms. The molecule has 14 heavy (non-hydrogen) atoms. The molecule has 1 aliphatic rings. The first-order valence-corrected chi connectivity index (χ1v) is 5.76. The van der Waals surface area contributed by atoms with E-state index in [1.165, 1.54) is 24.0 Å². The molecule has 0 heterocycles. The Kier molecular flexibility index (Phi) is 2.57. The molecule has 1 atom stereocenters. The minimum atomic E-state index is 0.308. The van der Waals surface area contributed by atoms with Crippen LogP contribution in [0.15, 0.2) is 24.3 Å². The van der Waals surface area contributed by atoms with Gasteiger partial charge in [-0.2, -0.15) is 0 Å². The van der Waals surface area contributed by atoms with Gasteiger partial charge in [0.1, 0.15) is 0 Å². The number of hydrogen-bond donors (Lipinski definition) is 0.